The molecule has 1 saturated carbocycles. The number of rotatable bonds is 9. The van der Waals surface area contributed by atoms with Crippen LogP contribution in [0.5, 0.6) is 0 Å². The van der Waals surface area contributed by atoms with Gasteiger partial charge >= 0.3 is 5.97 Å². The van der Waals surface area contributed by atoms with Crippen molar-refractivity contribution in [2.75, 3.05) is 13.2 Å². The van der Waals surface area contributed by atoms with Crippen molar-refractivity contribution < 1.29 is 14.3 Å². The van der Waals surface area contributed by atoms with Crippen molar-refractivity contribution in [2.45, 2.75) is 64.3 Å². The molecule has 27 heavy (non-hydrogen) atoms. The molecule has 0 aromatic heterocycles. The van der Waals surface area contributed by atoms with Gasteiger partial charge in [-0.05, 0) is 73.8 Å². The summed E-state index contributed by atoms with van der Waals surface area (Å²) >= 11 is 2.25. The zero-order valence-corrected chi connectivity index (χ0v) is 18.3. The summed E-state index contributed by atoms with van der Waals surface area (Å²) in [6, 6.07) is 8.19. The van der Waals surface area contributed by atoms with E-state index in [4.69, 9.17) is 4.74 Å². The summed E-state index contributed by atoms with van der Waals surface area (Å²) in [5.74, 6) is -0.121. The Morgan fingerprint density at radius 1 is 1.19 bits per heavy atom. The number of amides is 1. The molecule has 4 nitrogen and oxygen atoms in total. The van der Waals surface area contributed by atoms with E-state index in [0.717, 1.165) is 47.8 Å². The van der Waals surface area contributed by atoms with Crippen LogP contribution in [0.4, 0.5) is 0 Å². The number of allylic oxidation sites excluding steroid dienone is 1. The molecule has 5 heteroatoms. The Balaban J connectivity index is 1.92. The Kier molecular flexibility index (Phi) is 9.87. The highest BCUT2D eigenvalue weighted by atomic mass is 127. The zero-order chi connectivity index (χ0) is 19.5. The first kappa shape index (κ1) is 21.9. The van der Waals surface area contributed by atoms with E-state index in [2.05, 4.69) is 27.5 Å². The van der Waals surface area contributed by atoms with Crippen molar-refractivity contribution in [1.82, 2.24) is 4.90 Å². The minimum Gasteiger partial charge on any atom is -0.463 e. The van der Waals surface area contributed by atoms with E-state index in [1.54, 1.807) is 6.92 Å². The van der Waals surface area contributed by atoms with Crippen LogP contribution in [0.25, 0.3) is 0 Å². The van der Waals surface area contributed by atoms with Crippen LogP contribution in [0.1, 0.15) is 68.6 Å². The Hall–Kier alpha value is -1.37. The Bertz CT molecular complexity index is 638. The van der Waals surface area contributed by atoms with Gasteiger partial charge in [-0.25, -0.2) is 4.79 Å². The van der Waals surface area contributed by atoms with E-state index in [1.165, 1.54) is 25.3 Å². The number of hydrogen-bond acceptors (Lipinski definition) is 3. The fourth-order valence-electron chi connectivity index (χ4n) is 3.55. The predicted molar refractivity (Wildman–Crippen MR) is 117 cm³/mol. The number of esters is 1. The maximum atomic E-state index is 13.2. The molecule has 0 N–H and O–H groups in total. The molecule has 0 atom stereocenters. The molecule has 1 aliphatic carbocycles. The maximum Gasteiger partial charge on any atom is 0.330 e. The van der Waals surface area contributed by atoms with Gasteiger partial charge in [-0.1, -0.05) is 37.5 Å². The number of carbonyl (C=O) groups excluding carboxylic acids is 2. The summed E-state index contributed by atoms with van der Waals surface area (Å²) in [6.45, 7) is 2.98. The molecular formula is C22H30INO3. The smallest absolute Gasteiger partial charge is 0.330 e. The van der Waals surface area contributed by atoms with Gasteiger partial charge in [-0.3, -0.25) is 4.79 Å². The topological polar surface area (TPSA) is 46.6 Å². The van der Waals surface area contributed by atoms with Crippen molar-refractivity contribution in [3.63, 3.8) is 0 Å². The Morgan fingerprint density at radius 3 is 2.63 bits per heavy atom. The Labute approximate surface area is 176 Å². The van der Waals surface area contributed by atoms with Crippen molar-refractivity contribution in [3.05, 3.63) is 45.6 Å². The van der Waals surface area contributed by atoms with Gasteiger partial charge < -0.3 is 9.64 Å². The van der Waals surface area contributed by atoms with Crippen molar-refractivity contribution in [3.8, 4) is 0 Å². The number of nitrogens with zero attached hydrogens (tertiary/aromatic N) is 1. The lowest BCUT2D eigenvalue weighted by Crippen LogP contribution is -2.42. The average Bonchev–Trinajstić information content (AvgIpc) is 2.68. The van der Waals surface area contributed by atoms with Gasteiger partial charge in [-0.15, -0.1) is 0 Å². The van der Waals surface area contributed by atoms with E-state index in [1.807, 2.05) is 30.3 Å². The minimum atomic E-state index is -0.282. The first-order chi connectivity index (χ1) is 13.1. The molecule has 1 aliphatic rings. The molecule has 0 aliphatic heterocycles. The van der Waals surface area contributed by atoms with Gasteiger partial charge in [0.15, 0.2) is 0 Å². The predicted octanol–water partition coefficient (Wildman–Crippen LogP) is 5.36. The summed E-state index contributed by atoms with van der Waals surface area (Å²) in [5.41, 5.74) is 0.811. The van der Waals surface area contributed by atoms with E-state index >= 15 is 0 Å². The molecule has 1 aromatic carbocycles. The van der Waals surface area contributed by atoms with Crippen LogP contribution in [0, 0.1) is 3.57 Å². The average molecular weight is 483 g/mol. The fraction of sp³-hybridized carbons (Fsp3) is 0.545. The van der Waals surface area contributed by atoms with Gasteiger partial charge in [0.25, 0.3) is 5.91 Å². The van der Waals surface area contributed by atoms with E-state index in [-0.39, 0.29) is 11.9 Å². The van der Waals surface area contributed by atoms with Crippen LogP contribution in [0.2, 0.25) is 0 Å². The van der Waals surface area contributed by atoms with Gasteiger partial charge in [0.05, 0.1) is 12.2 Å². The standard InChI is InChI=1S/C22H30INO3/c1-2-27-21(25)16-8-3-4-11-17-24(18-12-6-5-7-13-18)22(26)19-14-9-10-15-20(19)23/h8-10,14-16,18H,2-7,11-13,17H2,1H3/b16-8+. The van der Waals surface area contributed by atoms with Crippen LogP contribution >= 0.6 is 22.6 Å². The third-order valence-corrected chi connectivity index (χ3v) is 5.88. The number of benzene rings is 1. The number of unbranched alkanes of at least 4 members (excludes halogenated alkanes) is 2. The number of ether oxygens (including phenoxy) is 1. The van der Waals surface area contributed by atoms with Crippen LogP contribution in [-0.4, -0.2) is 36.0 Å². The molecule has 0 bridgehead atoms. The zero-order valence-electron chi connectivity index (χ0n) is 16.2. The first-order valence-corrected chi connectivity index (χ1v) is 11.1. The molecule has 1 fully saturated rings. The molecule has 148 valence electrons. The highest BCUT2D eigenvalue weighted by Gasteiger charge is 2.26. The van der Waals surface area contributed by atoms with Gasteiger partial charge in [-0.2, -0.15) is 0 Å². The first-order valence-electron chi connectivity index (χ1n) is 10.0. The second-order valence-electron chi connectivity index (χ2n) is 6.92. The maximum absolute atomic E-state index is 13.2. The van der Waals surface area contributed by atoms with Crippen LogP contribution in [0.15, 0.2) is 36.4 Å². The third-order valence-electron chi connectivity index (χ3n) is 4.94. The summed E-state index contributed by atoms with van der Waals surface area (Å²) in [4.78, 5) is 26.6. The normalized spacial score (nSPS) is 15.0. The van der Waals surface area contributed by atoms with Crippen molar-refractivity contribution in [1.29, 1.82) is 0 Å². The Morgan fingerprint density at radius 2 is 1.93 bits per heavy atom. The van der Waals surface area contributed by atoms with Gasteiger partial charge in [0.2, 0.25) is 0 Å². The van der Waals surface area contributed by atoms with E-state index in [0.29, 0.717) is 12.6 Å². The lowest BCUT2D eigenvalue weighted by molar-refractivity contribution is -0.137. The number of halogens is 1. The molecule has 0 unspecified atom stereocenters. The number of hydrogen-bond donors (Lipinski definition) is 0. The summed E-state index contributed by atoms with van der Waals surface area (Å²) < 4.78 is 5.89. The molecule has 1 amide bonds. The molecule has 0 heterocycles. The summed E-state index contributed by atoms with van der Waals surface area (Å²) in [7, 11) is 0. The molecule has 0 spiro atoms. The SMILES string of the molecule is CCOC(=O)/C=C/CCCCN(C(=O)c1ccccc1I)C1CCCCC1. The van der Waals surface area contributed by atoms with Crippen LogP contribution in [-0.2, 0) is 9.53 Å². The summed E-state index contributed by atoms with van der Waals surface area (Å²) in [6.07, 6.45) is 12.0. The molecule has 0 saturated heterocycles. The van der Waals surface area contributed by atoms with Crippen LogP contribution in [0.3, 0.4) is 0 Å². The monoisotopic (exact) mass is 483 g/mol. The van der Waals surface area contributed by atoms with Crippen molar-refractivity contribution in [2.24, 2.45) is 0 Å². The quantitative estimate of drug-likeness (QED) is 0.206. The third kappa shape index (κ3) is 7.28. The van der Waals surface area contributed by atoms with E-state index in [9.17, 15) is 9.59 Å². The molecular weight excluding hydrogens is 453 g/mol. The largest absolute Gasteiger partial charge is 0.463 e. The van der Waals surface area contributed by atoms with Gasteiger partial charge in [0.1, 0.15) is 0 Å². The fourth-order valence-corrected chi connectivity index (χ4v) is 4.16. The second kappa shape index (κ2) is 12.2. The lowest BCUT2D eigenvalue weighted by atomic mass is 9.93. The highest BCUT2D eigenvalue weighted by Crippen LogP contribution is 2.25. The van der Waals surface area contributed by atoms with Crippen LogP contribution < -0.4 is 0 Å². The molecule has 1 aromatic rings. The summed E-state index contributed by atoms with van der Waals surface area (Å²) in [5, 5.41) is 0. The van der Waals surface area contributed by atoms with Gasteiger partial charge in [0, 0.05) is 22.2 Å². The minimum absolute atomic E-state index is 0.161. The van der Waals surface area contributed by atoms with Crippen molar-refractivity contribution >= 4 is 34.5 Å². The lowest BCUT2D eigenvalue weighted by Gasteiger charge is -2.35. The second-order valence-corrected chi connectivity index (χ2v) is 8.08. The van der Waals surface area contributed by atoms with E-state index < -0.39 is 0 Å². The highest BCUT2D eigenvalue weighted by molar-refractivity contribution is 14.1. The molecule has 2 rings (SSSR count). The number of carbonyl (C=O) groups is 2. The molecule has 0 radical (unpaired) electrons.